The highest BCUT2D eigenvalue weighted by atomic mass is 28.4. The SMILES string of the molecule is COc1ccc(C(Nc2nc3c(ncn3[C@@H]3O[C@](C#N)(CO[Si](c4ccccc4)(c4ccccc4)C(C)(C)C)[C@@H](O[Si](C)(C)C(C)(C)C)[C@H]3F)c(=O)[nH]2)(c2ccccc2)c2ccccc2)cc1. The number of methoxy groups -OCH3 is 1. The molecule has 1 aliphatic heterocycles. The molecule has 67 heavy (non-hydrogen) atoms. The number of nitrogens with one attached hydrogen (secondary N) is 2. The minimum atomic E-state index is -3.28. The van der Waals surface area contributed by atoms with Crippen molar-refractivity contribution in [1.29, 1.82) is 5.26 Å². The number of aromatic nitrogens is 4. The molecule has 14 heteroatoms. The summed E-state index contributed by atoms with van der Waals surface area (Å²) < 4.78 is 46.1. The lowest BCUT2D eigenvalue weighted by Gasteiger charge is -2.45. The molecule has 0 unspecified atom stereocenters. The van der Waals surface area contributed by atoms with E-state index in [2.05, 4.69) is 87.2 Å². The van der Waals surface area contributed by atoms with E-state index in [0.29, 0.717) is 5.75 Å². The fraction of sp³-hybridized carbons (Fsp3) is 0.321. The Bertz CT molecular complexity index is 2820. The number of benzene rings is 5. The van der Waals surface area contributed by atoms with Crippen molar-refractivity contribution >= 4 is 44.1 Å². The number of fused-ring (bicyclic) bond motifs is 1. The molecule has 7 aromatic rings. The summed E-state index contributed by atoms with van der Waals surface area (Å²) in [7, 11) is -4.46. The topological polar surface area (TPSA) is 136 Å². The molecule has 1 aliphatic rings. The minimum absolute atomic E-state index is 0.0318. The molecule has 0 aliphatic carbocycles. The molecule has 5 aromatic carbocycles. The second-order valence-electron chi connectivity index (χ2n) is 19.8. The number of H-pyrrole nitrogens is 1. The third kappa shape index (κ3) is 8.44. The Labute approximate surface area is 394 Å². The van der Waals surface area contributed by atoms with Gasteiger partial charge in [0.25, 0.3) is 13.9 Å². The van der Waals surface area contributed by atoms with Crippen molar-refractivity contribution in [3.63, 3.8) is 0 Å². The number of imidazole rings is 1. The third-order valence-electron chi connectivity index (χ3n) is 13.6. The first-order valence-corrected chi connectivity index (χ1v) is 27.4. The summed E-state index contributed by atoms with van der Waals surface area (Å²) in [6, 6.07) is 49.9. The molecule has 0 radical (unpaired) electrons. The molecule has 2 N–H and O–H groups in total. The molecule has 0 spiro atoms. The van der Waals surface area contributed by atoms with E-state index in [9.17, 15) is 10.1 Å². The number of aromatic amines is 1. The van der Waals surface area contributed by atoms with Crippen molar-refractivity contribution in [2.24, 2.45) is 0 Å². The number of nitriles is 1. The second-order valence-corrected chi connectivity index (χ2v) is 28.8. The summed E-state index contributed by atoms with van der Waals surface area (Å²) in [4.78, 5) is 26.5. The lowest BCUT2D eigenvalue weighted by atomic mass is 9.77. The first-order chi connectivity index (χ1) is 31.9. The minimum Gasteiger partial charge on any atom is -0.497 e. The highest BCUT2D eigenvalue weighted by Crippen LogP contribution is 2.48. The predicted octanol–water partition coefficient (Wildman–Crippen LogP) is 9.63. The molecule has 11 nitrogen and oxygen atoms in total. The van der Waals surface area contributed by atoms with Gasteiger partial charge in [-0.2, -0.15) is 10.2 Å². The third-order valence-corrected chi connectivity index (χ3v) is 23.1. The maximum Gasteiger partial charge on any atom is 0.280 e. The molecule has 3 heterocycles. The Hall–Kier alpha value is -6.22. The van der Waals surface area contributed by atoms with Crippen molar-refractivity contribution in [2.45, 2.75) is 94.4 Å². The molecule has 346 valence electrons. The standard InChI is InChI=1S/C53H59FN6O5Si2/c1-50(2,3)66(8,9)65-45-43(54)48(64-52(45,34-55)35-63-67(51(4,5)6,41-26-18-12-19-27-41)42-28-20-13-21-29-42)60-36-56-44-46(60)57-49(58-47(44)61)59-53(37-22-14-10-15-23-37,38-24-16-11-17-25-38)39-30-32-40(62-7)33-31-39/h10-33,36,43,45,48H,35H2,1-9H3,(H2,57,58,59,61)/t43-,45+,48-,52-/m1/s1. The van der Waals surface area contributed by atoms with Crippen LogP contribution in [0.5, 0.6) is 5.75 Å². The summed E-state index contributed by atoms with van der Waals surface area (Å²) >= 11 is 0. The van der Waals surface area contributed by atoms with Crippen molar-refractivity contribution in [2.75, 3.05) is 19.0 Å². The van der Waals surface area contributed by atoms with Crippen LogP contribution in [-0.4, -0.2) is 67.7 Å². The van der Waals surface area contributed by atoms with Crippen LogP contribution in [0, 0.1) is 11.3 Å². The van der Waals surface area contributed by atoms with Crippen LogP contribution in [-0.2, 0) is 19.1 Å². The van der Waals surface area contributed by atoms with Crippen molar-refractivity contribution in [1.82, 2.24) is 19.5 Å². The molecule has 4 atom stereocenters. The maximum atomic E-state index is 18.0. The van der Waals surface area contributed by atoms with Gasteiger partial charge in [0, 0.05) is 0 Å². The summed E-state index contributed by atoms with van der Waals surface area (Å²) in [6.07, 6.45) is -3.45. The molecule has 1 saturated heterocycles. The number of hydrogen-bond donors (Lipinski definition) is 2. The quantitative estimate of drug-likeness (QED) is 0.0807. The van der Waals surface area contributed by atoms with Crippen LogP contribution in [0.2, 0.25) is 23.2 Å². The van der Waals surface area contributed by atoms with Gasteiger partial charge in [-0.25, -0.2) is 9.37 Å². The predicted molar refractivity (Wildman–Crippen MR) is 267 cm³/mol. The molecular weight excluding hydrogens is 876 g/mol. The van der Waals surface area contributed by atoms with Gasteiger partial charge in [0.15, 0.2) is 31.9 Å². The van der Waals surface area contributed by atoms with E-state index < -0.39 is 56.9 Å². The largest absolute Gasteiger partial charge is 0.497 e. The van der Waals surface area contributed by atoms with E-state index >= 15 is 4.39 Å². The first-order valence-electron chi connectivity index (χ1n) is 22.6. The first kappa shape index (κ1) is 47.3. The lowest BCUT2D eigenvalue weighted by molar-refractivity contribution is -0.0858. The fourth-order valence-electron chi connectivity index (χ4n) is 9.12. The second kappa shape index (κ2) is 18.1. The molecule has 8 rings (SSSR count). The van der Waals surface area contributed by atoms with E-state index in [4.69, 9.17) is 23.3 Å². The zero-order valence-electron chi connectivity index (χ0n) is 39.6. The van der Waals surface area contributed by atoms with Gasteiger partial charge in [0.05, 0.1) is 20.0 Å². The van der Waals surface area contributed by atoms with Gasteiger partial charge >= 0.3 is 0 Å². The maximum absolute atomic E-state index is 18.0. The van der Waals surface area contributed by atoms with E-state index in [-0.39, 0.29) is 28.8 Å². The van der Waals surface area contributed by atoms with Crippen LogP contribution in [0.4, 0.5) is 10.3 Å². The lowest BCUT2D eigenvalue weighted by Crippen LogP contribution is -2.68. The summed E-state index contributed by atoms with van der Waals surface area (Å²) in [5.41, 5.74) is -1.05. The summed E-state index contributed by atoms with van der Waals surface area (Å²) in [5.74, 6) is 0.765. The number of rotatable bonds is 14. The molecule has 0 bridgehead atoms. The van der Waals surface area contributed by atoms with Crippen LogP contribution in [0.3, 0.4) is 0 Å². The van der Waals surface area contributed by atoms with Crippen molar-refractivity contribution in [3.8, 4) is 11.8 Å². The van der Waals surface area contributed by atoms with Gasteiger partial charge < -0.3 is 23.6 Å². The highest BCUT2D eigenvalue weighted by molar-refractivity contribution is 6.99. The van der Waals surface area contributed by atoms with Crippen molar-refractivity contribution in [3.05, 3.63) is 179 Å². The molecule has 2 aromatic heterocycles. The smallest absolute Gasteiger partial charge is 0.280 e. The number of ether oxygens (including phenoxy) is 2. The Balaban J connectivity index is 1.27. The average Bonchev–Trinajstić information content (AvgIpc) is 3.87. The zero-order valence-corrected chi connectivity index (χ0v) is 41.6. The highest BCUT2D eigenvalue weighted by Gasteiger charge is 2.62. The summed E-state index contributed by atoms with van der Waals surface area (Å²) in [6.45, 7) is 16.4. The van der Waals surface area contributed by atoms with Gasteiger partial charge in [-0.1, -0.05) is 175 Å². The van der Waals surface area contributed by atoms with Gasteiger partial charge in [0.1, 0.15) is 23.5 Å². The Morgan fingerprint density at radius 2 is 1.30 bits per heavy atom. The van der Waals surface area contributed by atoms with Gasteiger partial charge in [-0.15, -0.1) is 0 Å². The Morgan fingerprint density at radius 3 is 1.78 bits per heavy atom. The molecular formula is C53H59FN6O5Si2. The Morgan fingerprint density at radius 1 is 0.791 bits per heavy atom. The van der Waals surface area contributed by atoms with Crippen LogP contribution in [0.15, 0.2) is 157 Å². The number of halogens is 1. The Kier molecular flexibility index (Phi) is 12.8. The fourth-order valence-corrected chi connectivity index (χ4v) is 15.0. The zero-order chi connectivity index (χ0) is 47.8. The van der Waals surface area contributed by atoms with E-state index in [1.165, 1.54) is 10.9 Å². The summed E-state index contributed by atoms with van der Waals surface area (Å²) in [5, 5.41) is 16.3. The van der Waals surface area contributed by atoms with E-state index in [1.54, 1.807) is 7.11 Å². The normalized spacial score (nSPS) is 19.3. The van der Waals surface area contributed by atoms with Crippen LogP contribution >= 0.6 is 0 Å². The van der Waals surface area contributed by atoms with Crippen LogP contribution < -0.4 is 26.0 Å². The average molecular weight is 935 g/mol. The molecule has 1 fully saturated rings. The number of alkyl halides is 1. The van der Waals surface area contributed by atoms with E-state index in [0.717, 1.165) is 27.1 Å². The number of hydrogen-bond acceptors (Lipinski definition) is 9. The van der Waals surface area contributed by atoms with Crippen molar-refractivity contribution < 1.29 is 22.7 Å². The number of nitrogens with zero attached hydrogens (tertiary/aromatic N) is 4. The van der Waals surface area contributed by atoms with E-state index in [1.807, 2.05) is 134 Å². The van der Waals surface area contributed by atoms with Crippen LogP contribution in [0.1, 0.15) is 64.5 Å². The van der Waals surface area contributed by atoms with Gasteiger partial charge in [-0.05, 0) is 62.4 Å². The van der Waals surface area contributed by atoms with Gasteiger partial charge in [0.2, 0.25) is 11.5 Å². The van der Waals surface area contributed by atoms with Gasteiger partial charge in [-0.3, -0.25) is 14.3 Å². The van der Waals surface area contributed by atoms with Crippen LogP contribution in [0.25, 0.3) is 11.2 Å². The number of anilines is 1. The monoisotopic (exact) mass is 934 g/mol. The molecule has 0 amide bonds. The molecule has 0 saturated carbocycles.